The Morgan fingerprint density at radius 3 is 2.70 bits per heavy atom. The van der Waals surface area contributed by atoms with Crippen LogP contribution in [0.4, 0.5) is 0 Å². The van der Waals surface area contributed by atoms with Gasteiger partial charge in [-0.2, -0.15) is 0 Å². The normalized spacial score (nSPS) is 12.4. The molecule has 0 aliphatic carbocycles. The van der Waals surface area contributed by atoms with Gasteiger partial charge in [0.1, 0.15) is 0 Å². The Morgan fingerprint density at radius 2 is 2.10 bits per heavy atom. The van der Waals surface area contributed by atoms with Gasteiger partial charge < -0.3 is 5.32 Å². The van der Waals surface area contributed by atoms with Crippen molar-refractivity contribution >= 4 is 5.91 Å². The Bertz CT molecular complexity index is 563. The lowest BCUT2D eigenvalue weighted by Gasteiger charge is -2.22. The molecule has 1 aromatic heterocycles. The van der Waals surface area contributed by atoms with Crippen LogP contribution in [0.2, 0.25) is 0 Å². The zero-order valence-electron chi connectivity index (χ0n) is 12.1. The van der Waals surface area contributed by atoms with Gasteiger partial charge in [0.15, 0.2) is 0 Å². The van der Waals surface area contributed by atoms with Gasteiger partial charge in [0.05, 0.1) is 18.8 Å². The molecule has 5 heteroatoms. The Balaban J connectivity index is 2.08. The highest BCUT2D eigenvalue weighted by atomic mass is 16.1. The molecule has 0 aliphatic heterocycles. The molecule has 1 N–H and O–H groups in total. The zero-order valence-corrected chi connectivity index (χ0v) is 12.1. The summed E-state index contributed by atoms with van der Waals surface area (Å²) in [5.74, 6) is 0.272. The predicted molar refractivity (Wildman–Crippen MR) is 77.3 cm³/mol. The van der Waals surface area contributed by atoms with Crippen LogP contribution in [-0.4, -0.2) is 26.9 Å². The van der Waals surface area contributed by atoms with Gasteiger partial charge in [-0.05, 0) is 24.5 Å². The third kappa shape index (κ3) is 3.44. The quantitative estimate of drug-likeness (QED) is 0.906. The lowest BCUT2D eigenvalue weighted by atomic mass is 10.0. The summed E-state index contributed by atoms with van der Waals surface area (Å²) in [7, 11) is 0. The fraction of sp³-hybridized carbons (Fsp3) is 0.400. The highest BCUT2D eigenvalue weighted by Gasteiger charge is 2.18. The average molecular weight is 272 g/mol. The minimum atomic E-state index is -0.0399. The van der Waals surface area contributed by atoms with Crippen molar-refractivity contribution in [3.8, 4) is 0 Å². The summed E-state index contributed by atoms with van der Waals surface area (Å²) in [6.07, 6.45) is 3.44. The van der Waals surface area contributed by atoms with Crippen molar-refractivity contribution < 1.29 is 4.79 Å². The van der Waals surface area contributed by atoms with Crippen LogP contribution in [0, 0.1) is 12.8 Å². The SMILES string of the molecule is Cc1ccccc1C(=O)N[C@@H](Cn1ccnn1)C(C)C. The van der Waals surface area contributed by atoms with Crippen molar-refractivity contribution in [2.45, 2.75) is 33.4 Å². The number of nitrogens with zero attached hydrogens (tertiary/aromatic N) is 3. The van der Waals surface area contributed by atoms with Crippen LogP contribution >= 0.6 is 0 Å². The van der Waals surface area contributed by atoms with Gasteiger partial charge >= 0.3 is 0 Å². The van der Waals surface area contributed by atoms with Crippen LogP contribution in [0.15, 0.2) is 36.7 Å². The number of carbonyl (C=O) groups excluding carboxylic acids is 1. The number of nitrogens with one attached hydrogen (secondary N) is 1. The van der Waals surface area contributed by atoms with Crippen molar-refractivity contribution in [3.63, 3.8) is 0 Å². The molecule has 2 rings (SSSR count). The van der Waals surface area contributed by atoms with Crippen LogP contribution in [0.3, 0.4) is 0 Å². The van der Waals surface area contributed by atoms with Gasteiger partial charge in [-0.1, -0.05) is 37.3 Å². The van der Waals surface area contributed by atoms with E-state index >= 15 is 0 Å². The molecule has 1 amide bonds. The third-order valence-corrected chi connectivity index (χ3v) is 3.37. The highest BCUT2D eigenvalue weighted by molar-refractivity contribution is 5.95. The van der Waals surface area contributed by atoms with Crippen LogP contribution in [0.5, 0.6) is 0 Å². The van der Waals surface area contributed by atoms with Gasteiger partial charge in [0, 0.05) is 11.8 Å². The van der Waals surface area contributed by atoms with Gasteiger partial charge in [0.25, 0.3) is 5.91 Å². The summed E-state index contributed by atoms with van der Waals surface area (Å²) in [6.45, 7) is 6.73. The molecular formula is C15H20N4O. The number of aryl methyl sites for hydroxylation is 1. The molecule has 0 aliphatic rings. The molecule has 1 atom stereocenters. The largest absolute Gasteiger partial charge is 0.347 e. The van der Waals surface area contributed by atoms with E-state index in [4.69, 9.17) is 0 Å². The van der Waals surface area contributed by atoms with E-state index in [1.807, 2.05) is 31.2 Å². The molecule has 106 valence electrons. The van der Waals surface area contributed by atoms with E-state index in [9.17, 15) is 4.79 Å². The summed E-state index contributed by atoms with van der Waals surface area (Å²) >= 11 is 0. The molecule has 0 unspecified atom stereocenters. The summed E-state index contributed by atoms with van der Waals surface area (Å²) < 4.78 is 1.74. The van der Waals surface area contributed by atoms with E-state index in [1.54, 1.807) is 17.1 Å². The average Bonchev–Trinajstić information content (AvgIpc) is 2.91. The van der Waals surface area contributed by atoms with E-state index in [1.165, 1.54) is 0 Å². The summed E-state index contributed by atoms with van der Waals surface area (Å²) in [5.41, 5.74) is 1.70. The zero-order chi connectivity index (χ0) is 14.5. The topological polar surface area (TPSA) is 59.8 Å². The van der Waals surface area contributed by atoms with Crippen LogP contribution in [-0.2, 0) is 6.54 Å². The second-order valence-corrected chi connectivity index (χ2v) is 5.26. The second kappa shape index (κ2) is 6.32. The second-order valence-electron chi connectivity index (χ2n) is 5.26. The summed E-state index contributed by atoms with van der Waals surface area (Å²) in [4.78, 5) is 12.4. The molecule has 0 bridgehead atoms. The minimum absolute atomic E-state index is 0.0174. The van der Waals surface area contributed by atoms with E-state index in [0.717, 1.165) is 11.1 Å². The Kier molecular flexibility index (Phi) is 4.50. The number of hydrogen-bond acceptors (Lipinski definition) is 3. The maximum Gasteiger partial charge on any atom is 0.251 e. The monoisotopic (exact) mass is 272 g/mol. The number of rotatable bonds is 5. The van der Waals surface area contributed by atoms with Crippen LogP contribution < -0.4 is 5.32 Å². The molecule has 0 radical (unpaired) electrons. The van der Waals surface area contributed by atoms with Gasteiger partial charge in [-0.25, -0.2) is 0 Å². The lowest BCUT2D eigenvalue weighted by molar-refractivity contribution is 0.0918. The summed E-state index contributed by atoms with van der Waals surface area (Å²) in [5, 5.41) is 10.8. The van der Waals surface area contributed by atoms with Gasteiger partial charge in [0.2, 0.25) is 0 Å². The molecule has 0 saturated heterocycles. The van der Waals surface area contributed by atoms with Crippen molar-refractivity contribution in [2.24, 2.45) is 5.92 Å². The van der Waals surface area contributed by atoms with Crippen molar-refractivity contribution in [2.75, 3.05) is 0 Å². The number of carbonyl (C=O) groups is 1. The first kappa shape index (κ1) is 14.2. The van der Waals surface area contributed by atoms with Crippen molar-refractivity contribution in [1.82, 2.24) is 20.3 Å². The van der Waals surface area contributed by atoms with Gasteiger partial charge in [-0.3, -0.25) is 9.48 Å². The molecule has 20 heavy (non-hydrogen) atoms. The third-order valence-electron chi connectivity index (χ3n) is 3.37. The fourth-order valence-electron chi connectivity index (χ4n) is 2.03. The molecule has 0 spiro atoms. The Labute approximate surface area is 119 Å². The number of benzene rings is 1. The van der Waals surface area contributed by atoms with E-state index < -0.39 is 0 Å². The van der Waals surface area contributed by atoms with Crippen LogP contribution in [0.25, 0.3) is 0 Å². The maximum absolute atomic E-state index is 12.4. The van der Waals surface area contributed by atoms with Crippen molar-refractivity contribution in [1.29, 1.82) is 0 Å². The standard InChI is InChI=1S/C15H20N4O/c1-11(2)14(10-19-9-8-16-18-19)17-15(20)13-7-5-4-6-12(13)3/h4-9,11,14H,10H2,1-3H3,(H,17,20)/t14-/m0/s1. The van der Waals surface area contributed by atoms with E-state index in [0.29, 0.717) is 12.5 Å². The molecule has 1 aromatic carbocycles. The maximum atomic E-state index is 12.4. The highest BCUT2D eigenvalue weighted by Crippen LogP contribution is 2.10. The Hall–Kier alpha value is -2.17. The van der Waals surface area contributed by atoms with E-state index in [2.05, 4.69) is 29.5 Å². The Morgan fingerprint density at radius 1 is 1.35 bits per heavy atom. The molecule has 0 saturated carbocycles. The van der Waals surface area contributed by atoms with Crippen molar-refractivity contribution in [3.05, 3.63) is 47.8 Å². The number of aromatic nitrogens is 3. The smallest absolute Gasteiger partial charge is 0.251 e. The first-order chi connectivity index (χ1) is 9.58. The number of hydrogen-bond donors (Lipinski definition) is 1. The molecule has 0 fully saturated rings. The predicted octanol–water partition coefficient (Wildman–Crippen LogP) is 2.04. The first-order valence-corrected chi connectivity index (χ1v) is 6.78. The van der Waals surface area contributed by atoms with Crippen LogP contribution in [0.1, 0.15) is 29.8 Å². The molecule has 2 aromatic rings. The lowest BCUT2D eigenvalue weighted by Crippen LogP contribution is -2.41. The van der Waals surface area contributed by atoms with Gasteiger partial charge in [-0.15, -0.1) is 5.10 Å². The number of amides is 1. The molecule has 5 nitrogen and oxygen atoms in total. The first-order valence-electron chi connectivity index (χ1n) is 6.78. The fourth-order valence-corrected chi connectivity index (χ4v) is 2.03. The summed E-state index contributed by atoms with van der Waals surface area (Å²) in [6, 6.07) is 7.61. The molecular weight excluding hydrogens is 252 g/mol. The molecule has 1 heterocycles. The minimum Gasteiger partial charge on any atom is -0.347 e. The van der Waals surface area contributed by atoms with E-state index in [-0.39, 0.29) is 11.9 Å².